The van der Waals surface area contributed by atoms with Gasteiger partial charge in [-0.2, -0.15) is 9.50 Å². The van der Waals surface area contributed by atoms with Gasteiger partial charge in [0.15, 0.2) is 5.82 Å². The minimum atomic E-state index is -0.372. The molecule has 6 nitrogen and oxygen atoms in total. The van der Waals surface area contributed by atoms with Gasteiger partial charge in [-0.15, -0.1) is 5.10 Å². The summed E-state index contributed by atoms with van der Waals surface area (Å²) in [6.45, 7) is 2.03. The van der Waals surface area contributed by atoms with Crippen LogP contribution < -0.4 is 5.32 Å². The van der Waals surface area contributed by atoms with Gasteiger partial charge < -0.3 is 9.73 Å². The number of rotatable bonds is 4. The van der Waals surface area contributed by atoms with E-state index >= 15 is 0 Å². The molecule has 1 amide bonds. The van der Waals surface area contributed by atoms with Gasteiger partial charge in [-0.25, -0.2) is 4.39 Å². The van der Waals surface area contributed by atoms with E-state index in [-0.39, 0.29) is 23.3 Å². The molecule has 0 aliphatic rings. The smallest absolute Gasteiger partial charge is 0.325 e. The number of hydrogen-bond acceptors (Lipinski definition) is 4. The molecule has 0 aliphatic carbocycles. The van der Waals surface area contributed by atoms with Crippen LogP contribution in [0.5, 0.6) is 0 Å². The summed E-state index contributed by atoms with van der Waals surface area (Å²) in [5.41, 5.74) is 2.05. The van der Waals surface area contributed by atoms with Crippen molar-refractivity contribution in [2.75, 3.05) is 0 Å². The molecule has 0 aliphatic heterocycles. The van der Waals surface area contributed by atoms with Crippen molar-refractivity contribution in [3.05, 3.63) is 76.4 Å². The third-order valence-corrected chi connectivity index (χ3v) is 4.30. The summed E-state index contributed by atoms with van der Waals surface area (Å²) in [5, 5.41) is 7.73. The Bertz CT molecular complexity index is 1130. The van der Waals surface area contributed by atoms with Crippen LogP contribution in [0, 0.1) is 12.7 Å². The number of carbonyl (C=O) groups excluding carboxylic acids is 1. The number of aryl methyl sites for hydroxylation is 1. The Morgan fingerprint density at radius 2 is 2.04 bits per heavy atom. The maximum Gasteiger partial charge on any atom is 0.325 e. The van der Waals surface area contributed by atoms with Crippen molar-refractivity contribution in [1.29, 1.82) is 0 Å². The maximum absolute atomic E-state index is 13.1. The molecule has 0 unspecified atom stereocenters. The molecule has 8 heteroatoms. The van der Waals surface area contributed by atoms with Crippen LogP contribution in [-0.4, -0.2) is 20.5 Å². The second-order valence-electron chi connectivity index (χ2n) is 5.97. The van der Waals surface area contributed by atoms with E-state index in [0.29, 0.717) is 28.6 Å². The Morgan fingerprint density at radius 1 is 1.26 bits per heavy atom. The first kappa shape index (κ1) is 17.2. The summed E-state index contributed by atoms with van der Waals surface area (Å²) >= 11 is 5.94. The van der Waals surface area contributed by atoms with Crippen LogP contribution in [-0.2, 0) is 6.54 Å². The molecule has 0 fully saturated rings. The number of oxazole rings is 1. The molecule has 27 heavy (non-hydrogen) atoms. The summed E-state index contributed by atoms with van der Waals surface area (Å²) in [4.78, 5) is 16.7. The van der Waals surface area contributed by atoms with Crippen molar-refractivity contribution in [2.24, 2.45) is 0 Å². The fourth-order valence-electron chi connectivity index (χ4n) is 2.69. The Labute approximate surface area is 158 Å². The molecule has 4 rings (SSSR count). The first-order valence-electron chi connectivity index (χ1n) is 8.16. The lowest BCUT2D eigenvalue weighted by Gasteiger charge is -2.04. The molecule has 4 aromatic rings. The van der Waals surface area contributed by atoms with Gasteiger partial charge in [0, 0.05) is 17.1 Å². The minimum Gasteiger partial charge on any atom is -0.416 e. The normalized spacial score (nSPS) is 11.1. The van der Waals surface area contributed by atoms with E-state index in [2.05, 4.69) is 15.4 Å². The van der Waals surface area contributed by atoms with Crippen molar-refractivity contribution in [2.45, 2.75) is 13.5 Å². The molecular formula is C19H14ClFN4O2. The molecule has 2 aromatic heterocycles. The predicted molar refractivity (Wildman–Crippen MR) is 98.0 cm³/mol. The highest BCUT2D eigenvalue weighted by Gasteiger charge is 2.21. The summed E-state index contributed by atoms with van der Waals surface area (Å²) in [5.74, 6) is 0.0137. The van der Waals surface area contributed by atoms with Gasteiger partial charge in [-0.1, -0.05) is 23.7 Å². The van der Waals surface area contributed by atoms with Gasteiger partial charge in [0.2, 0.25) is 5.76 Å². The molecular weight excluding hydrogens is 371 g/mol. The summed E-state index contributed by atoms with van der Waals surface area (Å²) in [6, 6.07) is 13.1. The van der Waals surface area contributed by atoms with Crippen LogP contribution in [0.2, 0.25) is 5.02 Å². The van der Waals surface area contributed by atoms with Crippen LogP contribution in [0.25, 0.3) is 17.2 Å². The molecule has 0 bridgehead atoms. The van der Waals surface area contributed by atoms with E-state index in [1.165, 1.54) is 16.6 Å². The number of benzene rings is 2. The molecule has 2 aromatic carbocycles. The van der Waals surface area contributed by atoms with Crippen molar-refractivity contribution < 1.29 is 13.6 Å². The quantitative estimate of drug-likeness (QED) is 0.576. The SMILES string of the molecule is Cc1c(C(=O)NCc2cccc(Cl)c2)oc2nc(-c3ccc(F)cc3)nn12. The molecule has 0 atom stereocenters. The van der Waals surface area contributed by atoms with Crippen LogP contribution in [0.4, 0.5) is 4.39 Å². The van der Waals surface area contributed by atoms with E-state index in [0.717, 1.165) is 5.56 Å². The highest BCUT2D eigenvalue weighted by atomic mass is 35.5. The average molecular weight is 385 g/mol. The average Bonchev–Trinajstić information content (AvgIpc) is 3.20. The molecule has 0 spiro atoms. The number of hydrogen-bond donors (Lipinski definition) is 1. The van der Waals surface area contributed by atoms with E-state index < -0.39 is 0 Å². The fourth-order valence-corrected chi connectivity index (χ4v) is 2.90. The highest BCUT2D eigenvalue weighted by Crippen LogP contribution is 2.21. The zero-order valence-corrected chi connectivity index (χ0v) is 15.0. The Balaban J connectivity index is 1.55. The summed E-state index contributed by atoms with van der Waals surface area (Å²) in [7, 11) is 0. The zero-order valence-electron chi connectivity index (χ0n) is 14.2. The minimum absolute atomic E-state index is 0.137. The molecule has 0 saturated heterocycles. The third kappa shape index (κ3) is 3.41. The first-order chi connectivity index (χ1) is 13.0. The van der Waals surface area contributed by atoms with Gasteiger partial charge in [0.25, 0.3) is 5.91 Å². The van der Waals surface area contributed by atoms with E-state index in [1.54, 1.807) is 31.2 Å². The predicted octanol–water partition coefficient (Wildman–Crippen LogP) is 4.02. The number of fused-ring (bicyclic) bond motifs is 1. The number of amides is 1. The van der Waals surface area contributed by atoms with Crippen molar-refractivity contribution in [3.8, 4) is 11.4 Å². The van der Waals surface area contributed by atoms with Crippen molar-refractivity contribution in [3.63, 3.8) is 0 Å². The standard InChI is InChI=1S/C19H14ClFN4O2/c1-11-16(18(26)22-10-12-3-2-4-14(20)9-12)27-19-23-17(24-25(11)19)13-5-7-15(21)8-6-13/h2-9H,10H2,1H3,(H,22,26). The molecule has 1 N–H and O–H groups in total. The number of halogens is 2. The van der Waals surface area contributed by atoms with Crippen LogP contribution in [0.1, 0.15) is 21.8 Å². The van der Waals surface area contributed by atoms with Crippen LogP contribution in [0.3, 0.4) is 0 Å². The van der Waals surface area contributed by atoms with Crippen LogP contribution in [0.15, 0.2) is 52.9 Å². The van der Waals surface area contributed by atoms with E-state index in [4.69, 9.17) is 16.0 Å². The summed E-state index contributed by atoms with van der Waals surface area (Å²) < 4.78 is 20.1. The fraction of sp³-hybridized carbons (Fsp3) is 0.105. The van der Waals surface area contributed by atoms with Gasteiger partial charge in [-0.3, -0.25) is 4.79 Å². The lowest BCUT2D eigenvalue weighted by atomic mass is 10.2. The van der Waals surface area contributed by atoms with Gasteiger partial charge >= 0.3 is 5.84 Å². The number of aromatic nitrogens is 3. The van der Waals surface area contributed by atoms with E-state index in [9.17, 15) is 9.18 Å². The molecule has 0 saturated carbocycles. The molecule has 2 heterocycles. The topological polar surface area (TPSA) is 72.4 Å². The van der Waals surface area contributed by atoms with Crippen molar-refractivity contribution in [1.82, 2.24) is 19.9 Å². The lowest BCUT2D eigenvalue weighted by Crippen LogP contribution is -2.23. The zero-order chi connectivity index (χ0) is 19.0. The van der Waals surface area contributed by atoms with Crippen molar-refractivity contribution >= 4 is 23.4 Å². The van der Waals surface area contributed by atoms with Gasteiger partial charge in [-0.05, 0) is 48.9 Å². The molecule has 0 radical (unpaired) electrons. The van der Waals surface area contributed by atoms with Gasteiger partial charge in [0.05, 0.1) is 5.69 Å². The second-order valence-corrected chi connectivity index (χ2v) is 6.40. The highest BCUT2D eigenvalue weighted by molar-refractivity contribution is 6.30. The largest absolute Gasteiger partial charge is 0.416 e. The van der Waals surface area contributed by atoms with E-state index in [1.807, 2.05) is 12.1 Å². The number of nitrogens with zero attached hydrogens (tertiary/aromatic N) is 3. The lowest BCUT2D eigenvalue weighted by molar-refractivity contribution is 0.0924. The molecule has 136 valence electrons. The number of nitrogens with one attached hydrogen (secondary N) is 1. The maximum atomic E-state index is 13.1. The van der Waals surface area contributed by atoms with Crippen LogP contribution >= 0.6 is 11.6 Å². The second kappa shape index (κ2) is 6.85. The monoisotopic (exact) mass is 384 g/mol. The summed E-state index contributed by atoms with van der Waals surface area (Å²) in [6.07, 6.45) is 0. The van der Waals surface area contributed by atoms with Gasteiger partial charge in [0.1, 0.15) is 5.82 Å². The Kier molecular flexibility index (Phi) is 4.37. The first-order valence-corrected chi connectivity index (χ1v) is 8.54. The Morgan fingerprint density at radius 3 is 2.74 bits per heavy atom. The Hall–Kier alpha value is -3.19. The number of carbonyl (C=O) groups is 1. The third-order valence-electron chi connectivity index (χ3n) is 4.07.